The first kappa shape index (κ1) is 22.0. The number of carbonyl (C=O) groups excluding carboxylic acids is 2. The monoisotopic (exact) mass is 431 g/mol. The molecule has 0 saturated carbocycles. The second-order valence-electron chi connectivity index (χ2n) is 8.40. The fourth-order valence-electron chi connectivity index (χ4n) is 4.33. The molecule has 32 heavy (non-hydrogen) atoms. The molecule has 1 amide bonds. The molecule has 1 aliphatic rings. The van der Waals surface area contributed by atoms with Crippen molar-refractivity contribution >= 4 is 22.6 Å². The van der Waals surface area contributed by atoms with Gasteiger partial charge in [-0.15, -0.1) is 0 Å². The van der Waals surface area contributed by atoms with Crippen molar-refractivity contribution in [3.8, 4) is 17.0 Å². The number of nitrogens with zero attached hydrogens (tertiary/aromatic N) is 2. The van der Waals surface area contributed by atoms with Crippen molar-refractivity contribution in [1.29, 1.82) is 0 Å². The predicted octanol–water partition coefficient (Wildman–Crippen LogP) is 4.58. The number of pyridine rings is 1. The molecule has 1 saturated heterocycles. The van der Waals surface area contributed by atoms with Gasteiger partial charge in [0, 0.05) is 35.8 Å². The van der Waals surface area contributed by atoms with Crippen molar-refractivity contribution in [3.63, 3.8) is 0 Å². The second-order valence-corrected chi connectivity index (χ2v) is 8.40. The molecule has 166 valence electrons. The molecule has 6 nitrogen and oxygen atoms in total. The number of carbonyl (C=O) groups is 2. The van der Waals surface area contributed by atoms with Crippen LogP contribution in [0.2, 0.25) is 0 Å². The largest absolute Gasteiger partial charge is 0.412 e. The lowest BCUT2D eigenvalue weighted by Gasteiger charge is -2.21. The van der Waals surface area contributed by atoms with E-state index in [9.17, 15) is 9.59 Å². The molecular weight excluding hydrogens is 402 g/mol. The zero-order valence-corrected chi connectivity index (χ0v) is 19.1. The number of aromatic nitrogens is 1. The molecule has 1 aromatic heterocycles. The van der Waals surface area contributed by atoms with Crippen LogP contribution >= 0.6 is 0 Å². The van der Waals surface area contributed by atoms with Crippen LogP contribution in [-0.2, 0) is 4.79 Å². The van der Waals surface area contributed by atoms with Crippen LogP contribution in [-0.4, -0.2) is 47.4 Å². The number of rotatable bonds is 5. The third-order valence-electron chi connectivity index (χ3n) is 6.37. The van der Waals surface area contributed by atoms with Crippen molar-refractivity contribution in [3.05, 3.63) is 59.3 Å². The molecule has 6 heteroatoms. The highest BCUT2D eigenvalue weighted by molar-refractivity contribution is 6.00. The summed E-state index contributed by atoms with van der Waals surface area (Å²) in [6.07, 6.45) is 1.56. The molecule has 4 rings (SSSR count). The molecule has 2 aromatic carbocycles. The minimum absolute atomic E-state index is 0.160. The molecule has 0 radical (unpaired) electrons. The molecule has 0 spiro atoms. The number of likely N-dealkylation sites (tertiary alicyclic amines) is 1. The summed E-state index contributed by atoms with van der Waals surface area (Å²) in [6, 6.07) is 12.0. The van der Waals surface area contributed by atoms with E-state index in [1.165, 1.54) is 0 Å². The highest BCUT2D eigenvalue weighted by atomic mass is 16.6. The highest BCUT2D eigenvalue weighted by Crippen LogP contribution is 2.35. The summed E-state index contributed by atoms with van der Waals surface area (Å²) in [6.45, 7) is 9.95. The first-order chi connectivity index (χ1) is 15.4. The maximum atomic E-state index is 12.6. The molecule has 1 atom stereocenters. The smallest absolute Gasteiger partial charge is 0.408 e. The number of fused-ring (bicyclic) bond motifs is 1. The van der Waals surface area contributed by atoms with Crippen LogP contribution in [0, 0.1) is 20.8 Å². The SMILES string of the molecule is CCN1CCC(=O)C1CNC(=O)Oc1cnc(-c2ccccc2C)c2cc(C)c(C)cc12. The maximum Gasteiger partial charge on any atom is 0.412 e. The van der Waals surface area contributed by atoms with E-state index in [4.69, 9.17) is 4.74 Å². The van der Waals surface area contributed by atoms with Crippen molar-refractivity contribution in [1.82, 2.24) is 15.2 Å². The van der Waals surface area contributed by atoms with Crippen LogP contribution in [0.15, 0.2) is 42.6 Å². The van der Waals surface area contributed by atoms with E-state index in [1.807, 2.05) is 32.0 Å². The Morgan fingerprint density at radius 3 is 2.56 bits per heavy atom. The van der Waals surface area contributed by atoms with Gasteiger partial charge in [0.05, 0.1) is 17.9 Å². The highest BCUT2D eigenvalue weighted by Gasteiger charge is 2.31. The Bertz CT molecular complexity index is 1190. The molecule has 0 aliphatic carbocycles. The van der Waals surface area contributed by atoms with E-state index in [0.29, 0.717) is 12.2 Å². The van der Waals surface area contributed by atoms with Crippen molar-refractivity contribution in [2.75, 3.05) is 19.6 Å². The Kier molecular flexibility index (Phi) is 6.24. The fourth-order valence-corrected chi connectivity index (χ4v) is 4.33. The van der Waals surface area contributed by atoms with Gasteiger partial charge >= 0.3 is 6.09 Å². The van der Waals surface area contributed by atoms with E-state index in [1.54, 1.807) is 6.20 Å². The van der Waals surface area contributed by atoms with Gasteiger partial charge < -0.3 is 10.1 Å². The zero-order chi connectivity index (χ0) is 22.8. The Balaban J connectivity index is 1.63. The molecule has 2 heterocycles. The summed E-state index contributed by atoms with van der Waals surface area (Å²) in [5.74, 6) is 0.566. The van der Waals surface area contributed by atoms with E-state index in [0.717, 1.165) is 51.8 Å². The van der Waals surface area contributed by atoms with E-state index in [2.05, 4.69) is 47.2 Å². The number of amides is 1. The minimum Gasteiger partial charge on any atom is -0.408 e. The Labute approximate surface area is 188 Å². The van der Waals surface area contributed by atoms with Crippen LogP contribution < -0.4 is 10.1 Å². The van der Waals surface area contributed by atoms with Crippen molar-refractivity contribution in [2.24, 2.45) is 0 Å². The van der Waals surface area contributed by atoms with Gasteiger partial charge in [0.15, 0.2) is 11.5 Å². The average molecular weight is 432 g/mol. The fraction of sp³-hybridized carbons (Fsp3) is 0.346. The summed E-state index contributed by atoms with van der Waals surface area (Å²) in [5.41, 5.74) is 5.31. The number of ketones is 1. The number of ether oxygens (including phenoxy) is 1. The van der Waals surface area contributed by atoms with E-state index in [-0.39, 0.29) is 18.4 Å². The predicted molar refractivity (Wildman–Crippen MR) is 126 cm³/mol. The lowest BCUT2D eigenvalue weighted by atomic mass is 9.96. The van der Waals surface area contributed by atoms with E-state index < -0.39 is 6.09 Å². The molecule has 3 aromatic rings. The van der Waals surface area contributed by atoms with Crippen LogP contribution in [0.25, 0.3) is 22.0 Å². The van der Waals surface area contributed by atoms with Gasteiger partial charge in [-0.1, -0.05) is 31.2 Å². The number of hydrogen-bond acceptors (Lipinski definition) is 5. The first-order valence-corrected chi connectivity index (χ1v) is 11.1. The van der Waals surface area contributed by atoms with Gasteiger partial charge in [0.1, 0.15) is 0 Å². The molecule has 1 unspecified atom stereocenters. The molecule has 1 fully saturated rings. The molecule has 1 N–H and O–H groups in total. The minimum atomic E-state index is -0.578. The lowest BCUT2D eigenvalue weighted by Crippen LogP contribution is -2.43. The topological polar surface area (TPSA) is 71.5 Å². The average Bonchev–Trinajstić information content (AvgIpc) is 3.14. The Hall–Kier alpha value is -3.25. The normalized spacial score (nSPS) is 16.5. The van der Waals surface area contributed by atoms with Crippen LogP contribution in [0.3, 0.4) is 0 Å². The number of likely N-dealkylation sites (N-methyl/N-ethyl adjacent to an activating group) is 1. The third-order valence-corrected chi connectivity index (χ3v) is 6.37. The van der Waals surface area contributed by atoms with Crippen LogP contribution in [0.5, 0.6) is 5.75 Å². The zero-order valence-electron chi connectivity index (χ0n) is 19.1. The van der Waals surface area contributed by atoms with Crippen molar-refractivity contribution in [2.45, 2.75) is 40.2 Å². The summed E-state index contributed by atoms with van der Waals surface area (Å²) in [4.78, 5) is 31.4. The second kappa shape index (κ2) is 9.09. The van der Waals surface area contributed by atoms with Gasteiger partial charge in [0.25, 0.3) is 0 Å². The van der Waals surface area contributed by atoms with Crippen LogP contribution in [0.4, 0.5) is 4.79 Å². The van der Waals surface area contributed by atoms with Gasteiger partial charge in [-0.2, -0.15) is 0 Å². The van der Waals surface area contributed by atoms with Gasteiger partial charge in [0.2, 0.25) is 0 Å². The number of Topliss-reactive ketones (excluding diaryl/α,β-unsaturated/α-hetero) is 1. The molecule has 0 bridgehead atoms. The molecular formula is C26H29N3O3. The quantitative estimate of drug-likeness (QED) is 0.640. The van der Waals surface area contributed by atoms with Crippen molar-refractivity contribution < 1.29 is 14.3 Å². The standard InChI is InChI=1S/C26H29N3O3/c1-5-29-11-10-23(30)22(29)14-28-26(31)32-24-15-27-25(19-9-7-6-8-16(19)2)21-13-18(4)17(3)12-20(21)24/h6-9,12-13,15,22H,5,10-11,14H2,1-4H3,(H,28,31). The van der Waals surface area contributed by atoms with Gasteiger partial charge in [-0.25, -0.2) is 4.79 Å². The Morgan fingerprint density at radius 1 is 1.12 bits per heavy atom. The van der Waals surface area contributed by atoms with Crippen LogP contribution in [0.1, 0.15) is 30.0 Å². The first-order valence-electron chi connectivity index (χ1n) is 11.1. The molecule has 1 aliphatic heterocycles. The third kappa shape index (κ3) is 4.23. The van der Waals surface area contributed by atoms with Gasteiger partial charge in [-0.05, 0) is 56.1 Å². The summed E-state index contributed by atoms with van der Waals surface area (Å²) in [7, 11) is 0. The maximum absolute atomic E-state index is 12.6. The number of aryl methyl sites for hydroxylation is 3. The lowest BCUT2D eigenvalue weighted by molar-refractivity contribution is -0.119. The number of nitrogens with one attached hydrogen (secondary N) is 1. The Morgan fingerprint density at radius 2 is 1.84 bits per heavy atom. The number of hydrogen-bond donors (Lipinski definition) is 1. The summed E-state index contributed by atoms with van der Waals surface area (Å²) < 4.78 is 5.67. The van der Waals surface area contributed by atoms with E-state index >= 15 is 0 Å². The summed E-state index contributed by atoms with van der Waals surface area (Å²) in [5, 5.41) is 4.54. The summed E-state index contributed by atoms with van der Waals surface area (Å²) >= 11 is 0. The van der Waals surface area contributed by atoms with Gasteiger partial charge in [-0.3, -0.25) is 14.7 Å². The number of benzene rings is 2.